The van der Waals surface area contributed by atoms with Gasteiger partial charge in [0.2, 0.25) is 0 Å². The zero-order valence-corrected chi connectivity index (χ0v) is 52.6. The summed E-state index contributed by atoms with van der Waals surface area (Å²) in [7, 11) is -4.40. The van der Waals surface area contributed by atoms with E-state index >= 15 is 0 Å². The van der Waals surface area contributed by atoms with Crippen LogP contribution in [0.25, 0.3) is 0 Å². The highest BCUT2D eigenvalue weighted by molar-refractivity contribution is 7.47. The summed E-state index contributed by atoms with van der Waals surface area (Å²) in [5.74, 6) is -0.845. The van der Waals surface area contributed by atoms with Gasteiger partial charge in [0.05, 0.1) is 13.2 Å². The summed E-state index contributed by atoms with van der Waals surface area (Å²) in [6.45, 7) is 3.51. The lowest BCUT2D eigenvalue weighted by atomic mass is 10.0. The molecule has 0 fully saturated rings. The Hall–Kier alpha value is -3.85. The fourth-order valence-electron chi connectivity index (χ4n) is 8.79. The molecule has 0 aromatic heterocycles. The molecule has 0 heterocycles. The third-order valence-corrected chi connectivity index (χ3v) is 14.5. The lowest BCUT2D eigenvalue weighted by Gasteiger charge is -2.19. The van der Waals surface area contributed by atoms with Crippen LogP contribution in [0.3, 0.4) is 0 Å². The number of nitrogens with two attached hydrogens (primary N) is 1. The Kier molecular flexibility index (Phi) is 62.2. The third kappa shape index (κ3) is 65.2. The average molecular weight is 1150 g/mol. The largest absolute Gasteiger partial charge is 0.472 e. The summed E-state index contributed by atoms with van der Waals surface area (Å²) in [6, 6.07) is 0. The predicted molar refractivity (Wildman–Crippen MR) is 348 cm³/mol. The Morgan fingerprint density at radius 2 is 0.642 bits per heavy atom. The summed E-state index contributed by atoms with van der Waals surface area (Å²) in [4.78, 5) is 35.3. The molecule has 0 aliphatic rings. The molecular formula is C71H120NO8P. The van der Waals surface area contributed by atoms with Gasteiger partial charge in [0, 0.05) is 19.4 Å². The highest BCUT2D eigenvalue weighted by atomic mass is 31.2. The van der Waals surface area contributed by atoms with Crippen LogP contribution in [0.4, 0.5) is 0 Å². The first kappa shape index (κ1) is 77.2. The molecule has 9 nitrogen and oxygen atoms in total. The zero-order valence-electron chi connectivity index (χ0n) is 51.7. The molecule has 3 N–H and O–H groups in total. The summed E-state index contributed by atoms with van der Waals surface area (Å²) in [5.41, 5.74) is 5.39. The van der Waals surface area contributed by atoms with Crippen molar-refractivity contribution in [3.8, 4) is 0 Å². The second-order valence-electron chi connectivity index (χ2n) is 21.2. The van der Waals surface area contributed by atoms with Crippen LogP contribution in [0, 0.1) is 0 Å². The molecule has 0 rings (SSSR count). The van der Waals surface area contributed by atoms with Gasteiger partial charge in [-0.15, -0.1) is 0 Å². The van der Waals surface area contributed by atoms with E-state index in [9.17, 15) is 19.0 Å². The highest BCUT2D eigenvalue weighted by Crippen LogP contribution is 2.43. The van der Waals surface area contributed by atoms with Gasteiger partial charge in [-0.2, -0.15) is 0 Å². The topological polar surface area (TPSA) is 134 Å². The molecule has 2 unspecified atom stereocenters. The molecule has 0 saturated heterocycles. The van der Waals surface area contributed by atoms with Crippen LogP contribution in [-0.4, -0.2) is 49.3 Å². The molecule has 462 valence electrons. The van der Waals surface area contributed by atoms with E-state index in [4.69, 9.17) is 24.3 Å². The van der Waals surface area contributed by atoms with E-state index in [-0.39, 0.29) is 38.6 Å². The van der Waals surface area contributed by atoms with Gasteiger partial charge < -0.3 is 20.1 Å². The number of phosphoric acid groups is 1. The minimum Gasteiger partial charge on any atom is -0.462 e. The minimum atomic E-state index is -4.40. The van der Waals surface area contributed by atoms with Gasteiger partial charge in [0.25, 0.3) is 0 Å². The minimum absolute atomic E-state index is 0.0453. The summed E-state index contributed by atoms with van der Waals surface area (Å²) in [5, 5.41) is 0. The normalized spacial score (nSPS) is 13.9. The summed E-state index contributed by atoms with van der Waals surface area (Å²) in [6.07, 6.45) is 92.4. The molecule has 81 heavy (non-hydrogen) atoms. The van der Waals surface area contributed by atoms with E-state index in [1.807, 2.05) is 0 Å². The molecular weight excluding hydrogens is 1030 g/mol. The maximum atomic E-state index is 12.7. The van der Waals surface area contributed by atoms with Gasteiger partial charge >= 0.3 is 19.8 Å². The molecule has 2 atom stereocenters. The van der Waals surface area contributed by atoms with Crippen molar-refractivity contribution >= 4 is 19.8 Å². The molecule has 0 aromatic rings. The lowest BCUT2D eigenvalue weighted by Crippen LogP contribution is -2.29. The second kappa shape index (κ2) is 65.3. The van der Waals surface area contributed by atoms with Crippen molar-refractivity contribution in [1.29, 1.82) is 0 Å². The quantitative estimate of drug-likeness (QED) is 0.0264. The van der Waals surface area contributed by atoms with E-state index in [0.29, 0.717) is 6.42 Å². The maximum Gasteiger partial charge on any atom is 0.472 e. The second-order valence-corrected chi connectivity index (χ2v) is 22.7. The molecule has 0 amide bonds. The van der Waals surface area contributed by atoms with Crippen LogP contribution in [0.2, 0.25) is 0 Å². The molecule has 0 spiro atoms. The fourth-order valence-corrected chi connectivity index (χ4v) is 9.55. The van der Waals surface area contributed by atoms with Crippen molar-refractivity contribution in [1.82, 2.24) is 0 Å². The SMILES string of the molecule is CC/C=C\C/C=C\C/C=C\C/C=C\C/C=C\C/C=C\CCCCCCCCC(=O)OC(COC(=O)CCCCCCCCCCCCCCCCCCCCC/C=C\C/C=C\C/C=C\C/C=C\C/C=C\CC)COP(=O)(O)OCCN. The Bertz CT molecular complexity index is 1790. The molecule has 0 aliphatic carbocycles. The van der Waals surface area contributed by atoms with Gasteiger partial charge in [-0.1, -0.05) is 282 Å². The van der Waals surface area contributed by atoms with Crippen molar-refractivity contribution in [3.63, 3.8) is 0 Å². The van der Waals surface area contributed by atoms with Crippen LogP contribution in [-0.2, 0) is 32.7 Å². The van der Waals surface area contributed by atoms with Crippen molar-refractivity contribution in [2.24, 2.45) is 5.73 Å². The Morgan fingerprint density at radius 3 is 0.951 bits per heavy atom. The number of ether oxygens (including phenoxy) is 2. The molecule has 0 aromatic carbocycles. The molecule has 0 aliphatic heterocycles. The number of unbranched alkanes of at least 4 members (excludes halogenated alkanes) is 25. The summed E-state index contributed by atoms with van der Waals surface area (Å²) < 4.78 is 33.1. The van der Waals surface area contributed by atoms with Gasteiger partial charge in [-0.25, -0.2) is 4.57 Å². The zero-order chi connectivity index (χ0) is 58.7. The van der Waals surface area contributed by atoms with E-state index in [0.717, 1.165) is 128 Å². The Morgan fingerprint density at radius 1 is 0.370 bits per heavy atom. The molecule has 0 radical (unpaired) electrons. The number of carbonyl (C=O) groups is 2. The van der Waals surface area contributed by atoms with Gasteiger partial charge in [-0.05, 0) is 109 Å². The van der Waals surface area contributed by atoms with Crippen LogP contribution in [0.15, 0.2) is 134 Å². The van der Waals surface area contributed by atoms with Crippen LogP contribution < -0.4 is 5.73 Å². The first-order chi connectivity index (χ1) is 39.8. The van der Waals surface area contributed by atoms with Crippen molar-refractivity contribution < 1.29 is 37.6 Å². The van der Waals surface area contributed by atoms with E-state index in [1.165, 1.54) is 109 Å². The number of phosphoric ester groups is 1. The molecule has 0 bridgehead atoms. The number of esters is 2. The Balaban J connectivity index is 3.93. The van der Waals surface area contributed by atoms with Gasteiger partial charge in [0.1, 0.15) is 6.61 Å². The lowest BCUT2D eigenvalue weighted by molar-refractivity contribution is -0.161. The Labute approximate surface area is 497 Å². The van der Waals surface area contributed by atoms with E-state index in [1.54, 1.807) is 0 Å². The first-order valence-electron chi connectivity index (χ1n) is 32.7. The fraction of sp³-hybridized carbons (Fsp3) is 0.662. The van der Waals surface area contributed by atoms with Crippen LogP contribution in [0.1, 0.15) is 271 Å². The smallest absolute Gasteiger partial charge is 0.462 e. The number of carbonyl (C=O) groups excluding carboxylic acids is 2. The number of rotatable bonds is 60. The first-order valence-corrected chi connectivity index (χ1v) is 34.2. The monoisotopic (exact) mass is 1150 g/mol. The van der Waals surface area contributed by atoms with E-state index < -0.39 is 26.5 Å². The van der Waals surface area contributed by atoms with Crippen molar-refractivity contribution in [3.05, 3.63) is 134 Å². The van der Waals surface area contributed by atoms with Gasteiger partial charge in [0.15, 0.2) is 6.10 Å². The van der Waals surface area contributed by atoms with E-state index in [2.05, 4.69) is 148 Å². The number of hydrogen-bond acceptors (Lipinski definition) is 8. The number of allylic oxidation sites excluding steroid dienone is 22. The van der Waals surface area contributed by atoms with Crippen LogP contribution >= 0.6 is 7.82 Å². The third-order valence-electron chi connectivity index (χ3n) is 13.5. The number of hydrogen-bond donors (Lipinski definition) is 2. The summed E-state index contributed by atoms with van der Waals surface area (Å²) >= 11 is 0. The van der Waals surface area contributed by atoms with Crippen LogP contribution in [0.5, 0.6) is 0 Å². The highest BCUT2D eigenvalue weighted by Gasteiger charge is 2.26. The van der Waals surface area contributed by atoms with Crippen molar-refractivity contribution in [2.45, 2.75) is 277 Å². The molecule has 10 heteroatoms. The molecule has 0 saturated carbocycles. The maximum absolute atomic E-state index is 12.7. The predicted octanol–water partition coefficient (Wildman–Crippen LogP) is 21.3. The van der Waals surface area contributed by atoms with Gasteiger partial charge in [-0.3, -0.25) is 18.6 Å². The van der Waals surface area contributed by atoms with Crippen molar-refractivity contribution in [2.75, 3.05) is 26.4 Å². The standard InChI is InChI=1S/C71H120NO8P/c1-3-5-7-9-11-13-15-17-19-21-23-25-27-29-30-31-32-33-34-35-36-37-38-40-41-43-45-47-49-51-53-55-57-59-61-63-70(73)77-67-69(68-79-81(75,76)78-66-65-72)80-71(74)64-62-60-58-56-54-52-50-48-46-44-42-39-28-26-24-22-20-18-16-14-12-10-8-6-4-2/h5-8,11-14,17-20,23-26,29-30,39,42,46,48,69H,3-4,9-10,15-16,21-22,27-28,31-38,40-41,43-45,47,49-68,72H2,1-2H3,(H,75,76)/b7-5-,8-6-,13-11-,14-12-,19-17-,20-18-,25-23-,26-24-,30-29-,42-39-,48-46-. The average Bonchev–Trinajstić information content (AvgIpc) is 3.46.